The summed E-state index contributed by atoms with van der Waals surface area (Å²) in [6.07, 6.45) is 2.80. The molecule has 0 radical (unpaired) electrons. The molecule has 0 saturated heterocycles. The molecule has 118 valence electrons. The van der Waals surface area contributed by atoms with Crippen LogP contribution in [-0.4, -0.2) is 29.1 Å². The third-order valence-electron chi connectivity index (χ3n) is 2.97. The van der Waals surface area contributed by atoms with Crippen LogP contribution in [0.1, 0.15) is 18.7 Å². The number of carbonyl (C=O) groups is 1. The van der Waals surface area contributed by atoms with Gasteiger partial charge in [-0.1, -0.05) is 23.2 Å². The molecule has 22 heavy (non-hydrogen) atoms. The topological polar surface area (TPSA) is 75.4 Å². The van der Waals surface area contributed by atoms with E-state index in [1.54, 1.807) is 24.4 Å². The number of hydrogen-bond donors (Lipinski definition) is 2. The normalized spacial score (nSPS) is 10.7. The Balaban J connectivity index is 1.93. The van der Waals surface area contributed by atoms with Crippen molar-refractivity contribution in [3.63, 3.8) is 0 Å². The van der Waals surface area contributed by atoms with Crippen molar-refractivity contribution >= 4 is 29.1 Å². The van der Waals surface area contributed by atoms with E-state index in [4.69, 9.17) is 32.7 Å². The summed E-state index contributed by atoms with van der Waals surface area (Å²) in [6, 6.07) is 5.12. The fraction of sp³-hybridized carbons (Fsp3) is 0.333. The zero-order chi connectivity index (χ0) is 15.9. The lowest BCUT2D eigenvalue weighted by Gasteiger charge is -2.02. The molecule has 1 aromatic carbocycles. The minimum atomic E-state index is -0.0993. The molecule has 1 amide bonds. The number of halogens is 2. The second-order valence-corrected chi connectivity index (χ2v) is 5.51. The maximum atomic E-state index is 11.6. The average molecular weight is 343 g/mol. The minimum Gasteiger partial charge on any atom is -0.441 e. The van der Waals surface area contributed by atoms with Gasteiger partial charge in [-0.25, -0.2) is 4.98 Å². The second-order valence-electron chi connectivity index (χ2n) is 4.67. The Labute approximate surface area is 138 Å². The fourth-order valence-corrected chi connectivity index (χ4v) is 2.36. The van der Waals surface area contributed by atoms with E-state index < -0.39 is 0 Å². The number of benzene rings is 1. The number of hydrogen-bond acceptors (Lipinski definition) is 4. The second kappa shape index (κ2) is 8.17. The first-order valence-electron chi connectivity index (χ1n) is 6.88. The fourth-order valence-electron chi connectivity index (χ4n) is 1.86. The lowest BCUT2D eigenvalue weighted by molar-refractivity contribution is -0.121. The standard InChI is InChI=1S/C15H16Cl2N2O3/c16-10-2-3-11(12(17)8-10)13-9-19-15(22-13)5-4-14(21)18-6-1-7-20/h2-3,8-9,20H,1,4-7H2,(H,18,21). The molecule has 2 aromatic rings. The molecule has 2 rings (SSSR count). The zero-order valence-corrected chi connectivity index (χ0v) is 13.3. The van der Waals surface area contributed by atoms with E-state index in [1.165, 1.54) is 0 Å². The van der Waals surface area contributed by atoms with Gasteiger partial charge in [-0.2, -0.15) is 0 Å². The number of aryl methyl sites for hydroxylation is 1. The lowest BCUT2D eigenvalue weighted by atomic mass is 10.2. The molecule has 0 bridgehead atoms. The van der Waals surface area contributed by atoms with E-state index in [1.807, 2.05) is 0 Å². The predicted molar refractivity (Wildman–Crippen MR) is 85.0 cm³/mol. The molecular weight excluding hydrogens is 327 g/mol. The van der Waals surface area contributed by atoms with Crippen molar-refractivity contribution in [3.8, 4) is 11.3 Å². The van der Waals surface area contributed by atoms with Crippen LogP contribution >= 0.6 is 23.2 Å². The van der Waals surface area contributed by atoms with Crippen molar-refractivity contribution in [2.24, 2.45) is 0 Å². The number of nitrogens with zero attached hydrogens (tertiary/aromatic N) is 1. The van der Waals surface area contributed by atoms with E-state index in [-0.39, 0.29) is 18.9 Å². The van der Waals surface area contributed by atoms with Gasteiger partial charge < -0.3 is 14.8 Å². The lowest BCUT2D eigenvalue weighted by Crippen LogP contribution is -2.25. The first kappa shape index (κ1) is 16.8. The summed E-state index contributed by atoms with van der Waals surface area (Å²) in [5.74, 6) is 0.911. The SMILES string of the molecule is O=C(CCc1ncc(-c2ccc(Cl)cc2Cl)o1)NCCCO. The van der Waals surface area contributed by atoms with Crippen molar-refractivity contribution in [1.82, 2.24) is 10.3 Å². The number of aliphatic hydroxyl groups is 1. The Morgan fingerprint density at radius 3 is 2.91 bits per heavy atom. The summed E-state index contributed by atoms with van der Waals surface area (Å²) in [6.45, 7) is 0.526. The minimum absolute atomic E-state index is 0.0607. The van der Waals surface area contributed by atoms with Crippen LogP contribution in [0, 0.1) is 0 Å². The van der Waals surface area contributed by atoms with Crippen molar-refractivity contribution in [2.75, 3.05) is 13.2 Å². The largest absolute Gasteiger partial charge is 0.441 e. The van der Waals surface area contributed by atoms with Crippen LogP contribution in [0.5, 0.6) is 0 Å². The summed E-state index contributed by atoms with van der Waals surface area (Å²) in [5.41, 5.74) is 0.706. The third kappa shape index (κ3) is 4.73. The highest BCUT2D eigenvalue weighted by molar-refractivity contribution is 6.36. The highest BCUT2D eigenvalue weighted by Gasteiger charge is 2.11. The maximum Gasteiger partial charge on any atom is 0.220 e. The van der Waals surface area contributed by atoms with Crippen molar-refractivity contribution in [2.45, 2.75) is 19.3 Å². The highest BCUT2D eigenvalue weighted by atomic mass is 35.5. The Morgan fingerprint density at radius 1 is 1.36 bits per heavy atom. The summed E-state index contributed by atoms with van der Waals surface area (Å²) in [4.78, 5) is 15.7. The summed E-state index contributed by atoms with van der Waals surface area (Å²) in [7, 11) is 0. The number of oxazole rings is 1. The van der Waals surface area contributed by atoms with E-state index >= 15 is 0 Å². The number of amides is 1. The molecule has 5 nitrogen and oxygen atoms in total. The Bertz CT molecular complexity index is 643. The van der Waals surface area contributed by atoms with E-state index in [2.05, 4.69) is 10.3 Å². The summed E-state index contributed by atoms with van der Waals surface area (Å²) < 4.78 is 5.61. The van der Waals surface area contributed by atoms with Gasteiger partial charge in [0.1, 0.15) is 0 Å². The quantitative estimate of drug-likeness (QED) is 0.758. The van der Waals surface area contributed by atoms with Crippen LogP contribution in [0.25, 0.3) is 11.3 Å². The number of rotatable bonds is 7. The smallest absolute Gasteiger partial charge is 0.220 e. The Hall–Kier alpha value is -1.56. The van der Waals surface area contributed by atoms with Crippen molar-refractivity contribution < 1.29 is 14.3 Å². The summed E-state index contributed by atoms with van der Waals surface area (Å²) in [5, 5.41) is 12.4. The Morgan fingerprint density at radius 2 is 2.18 bits per heavy atom. The van der Waals surface area contributed by atoms with E-state index in [0.717, 1.165) is 0 Å². The van der Waals surface area contributed by atoms with Gasteiger partial charge in [0.2, 0.25) is 5.91 Å². The monoisotopic (exact) mass is 342 g/mol. The average Bonchev–Trinajstić information content (AvgIpc) is 2.94. The zero-order valence-electron chi connectivity index (χ0n) is 11.8. The first-order chi connectivity index (χ1) is 10.6. The number of aliphatic hydroxyl groups excluding tert-OH is 1. The molecule has 2 N–H and O–H groups in total. The molecule has 0 aliphatic heterocycles. The van der Waals surface area contributed by atoms with Crippen LogP contribution in [-0.2, 0) is 11.2 Å². The van der Waals surface area contributed by atoms with Crippen LogP contribution < -0.4 is 5.32 Å². The predicted octanol–water partition coefficient (Wildman–Crippen LogP) is 3.08. The van der Waals surface area contributed by atoms with Crippen LogP contribution in [0.4, 0.5) is 0 Å². The highest BCUT2D eigenvalue weighted by Crippen LogP contribution is 2.30. The molecule has 0 atom stereocenters. The van der Waals surface area contributed by atoms with Gasteiger partial charge in [-0.05, 0) is 24.6 Å². The van der Waals surface area contributed by atoms with Crippen LogP contribution in [0.15, 0.2) is 28.8 Å². The molecule has 1 aromatic heterocycles. The molecule has 0 aliphatic rings. The third-order valence-corrected chi connectivity index (χ3v) is 3.52. The molecular formula is C15H16Cl2N2O3. The number of aromatic nitrogens is 1. The number of carbonyl (C=O) groups excluding carboxylic acids is 1. The first-order valence-corrected chi connectivity index (χ1v) is 7.63. The van der Waals surface area contributed by atoms with Gasteiger partial charge in [0.15, 0.2) is 11.7 Å². The number of nitrogens with one attached hydrogen (secondary N) is 1. The Kier molecular flexibility index (Phi) is 6.24. The van der Waals surface area contributed by atoms with E-state index in [0.29, 0.717) is 46.6 Å². The van der Waals surface area contributed by atoms with Gasteiger partial charge in [-0.15, -0.1) is 0 Å². The molecule has 7 heteroatoms. The van der Waals surface area contributed by atoms with Crippen molar-refractivity contribution in [1.29, 1.82) is 0 Å². The van der Waals surface area contributed by atoms with Gasteiger partial charge in [-0.3, -0.25) is 4.79 Å². The van der Waals surface area contributed by atoms with Gasteiger partial charge in [0.05, 0.1) is 11.2 Å². The van der Waals surface area contributed by atoms with E-state index in [9.17, 15) is 4.79 Å². The molecule has 0 fully saturated rings. The van der Waals surface area contributed by atoms with Crippen molar-refractivity contribution in [3.05, 3.63) is 40.3 Å². The van der Waals surface area contributed by atoms with Gasteiger partial charge in [0, 0.05) is 36.6 Å². The van der Waals surface area contributed by atoms with Gasteiger partial charge >= 0.3 is 0 Å². The maximum absolute atomic E-state index is 11.6. The van der Waals surface area contributed by atoms with Crippen LogP contribution in [0.3, 0.4) is 0 Å². The molecule has 0 unspecified atom stereocenters. The van der Waals surface area contributed by atoms with Gasteiger partial charge in [0.25, 0.3) is 0 Å². The molecule has 1 heterocycles. The summed E-state index contributed by atoms with van der Waals surface area (Å²) >= 11 is 12.0. The van der Waals surface area contributed by atoms with Crippen LogP contribution in [0.2, 0.25) is 10.0 Å². The molecule has 0 aliphatic carbocycles. The molecule has 0 spiro atoms. The molecule has 0 saturated carbocycles.